The lowest BCUT2D eigenvalue weighted by atomic mass is 9.93. The number of amides is 2. The lowest BCUT2D eigenvalue weighted by molar-refractivity contribution is -0.141. The molecule has 8 heteroatoms. The Kier molecular flexibility index (Phi) is 6.17. The van der Waals surface area contributed by atoms with E-state index >= 15 is 0 Å². The van der Waals surface area contributed by atoms with Crippen molar-refractivity contribution in [1.29, 1.82) is 5.26 Å². The molecule has 6 rings (SSSR count). The van der Waals surface area contributed by atoms with Crippen LogP contribution in [0.3, 0.4) is 0 Å². The topological polar surface area (TPSA) is 92.1 Å². The molecule has 2 amide bonds. The van der Waals surface area contributed by atoms with Crippen LogP contribution in [0.5, 0.6) is 0 Å². The fourth-order valence-corrected chi connectivity index (χ4v) is 4.70. The van der Waals surface area contributed by atoms with Crippen molar-refractivity contribution in [3.8, 4) is 23.2 Å². The molecule has 7 nitrogen and oxygen atoms in total. The fourth-order valence-electron chi connectivity index (χ4n) is 4.70. The number of hydrogen-bond acceptors (Lipinski definition) is 5. The molecule has 3 aromatic carbocycles. The van der Waals surface area contributed by atoms with E-state index in [-0.39, 0.29) is 23.3 Å². The third-order valence-corrected chi connectivity index (χ3v) is 6.80. The number of fused-ring (bicyclic) bond motifs is 1. The van der Waals surface area contributed by atoms with Crippen molar-refractivity contribution in [3.63, 3.8) is 0 Å². The monoisotopic (exact) mass is 528 g/mol. The van der Waals surface area contributed by atoms with E-state index in [9.17, 15) is 19.2 Å². The number of para-hydroxylation sites is 2. The van der Waals surface area contributed by atoms with E-state index in [0.717, 1.165) is 16.0 Å². The fraction of sp³-hybridized carbons (Fsp3) is 0.0625. The standard InChI is InChI=1S/C32H21FN4O3/c1-20-26(31(38)36(32(39)27(20)17-34)18-21-11-13-24(33)14-12-21)15-23-19-37(25-8-3-2-4-9-25)35-30(23)29-16-22-7-5-6-10-28(22)40-29/h2-16,19H,18H2,1H3/b26-15+. The Balaban J connectivity index is 1.50. The van der Waals surface area contributed by atoms with Gasteiger partial charge in [0, 0.05) is 22.7 Å². The van der Waals surface area contributed by atoms with E-state index in [4.69, 9.17) is 9.52 Å². The minimum atomic E-state index is -0.691. The van der Waals surface area contributed by atoms with Crippen molar-refractivity contribution in [1.82, 2.24) is 14.7 Å². The van der Waals surface area contributed by atoms with Crippen LogP contribution in [0, 0.1) is 17.1 Å². The summed E-state index contributed by atoms with van der Waals surface area (Å²) in [5.41, 5.74) is 3.44. The van der Waals surface area contributed by atoms with E-state index < -0.39 is 17.6 Å². The summed E-state index contributed by atoms with van der Waals surface area (Å²) in [6, 6.07) is 26.4. The van der Waals surface area contributed by atoms with Gasteiger partial charge >= 0.3 is 0 Å². The van der Waals surface area contributed by atoms with Crippen LogP contribution in [-0.2, 0) is 16.1 Å². The summed E-state index contributed by atoms with van der Waals surface area (Å²) in [6.45, 7) is 1.48. The van der Waals surface area contributed by atoms with Crippen LogP contribution in [0.2, 0.25) is 0 Å². The van der Waals surface area contributed by atoms with Crippen LogP contribution in [0.25, 0.3) is 34.2 Å². The largest absolute Gasteiger partial charge is 0.454 e. The van der Waals surface area contributed by atoms with Crippen LogP contribution < -0.4 is 0 Å². The number of imide groups is 1. The molecular formula is C32H21FN4O3. The number of nitriles is 1. The number of carbonyl (C=O) groups is 2. The molecule has 1 aliphatic heterocycles. The second-order valence-electron chi connectivity index (χ2n) is 9.35. The number of rotatable bonds is 5. The second kappa shape index (κ2) is 9.97. The van der Waals surface area contributed by atoms with Crippen LogP contribution >= 0.6 is 0 Å². The normalized spacial score (nSPS) is 14.8. The predicted octanol–water partition coefficient (Wildman–Crippen LogP) is 6.22. The summed E-state index contributed by atoms with van der Waals surface area (Å²) in [7, 11) is 0. The molecule has 0 bridgehead atoms. The van der Waals surface area contributed by atoms with Crippen molar-refractivity contribution in [3.05, 3.63) is 125 Å². The summed E-state index contributed by atoms with van der Waals surface area (Å²) in [5, 5.41) is 15.5. The van der Waals surface area contributed by atoms with Gasteiger partial charge in [-0.15, -0.1) is 0 Å². The number of hydrogen-bond donors (Lipinski definition) is 0. The SMILES string of the molecule is CC1=C(C#N)C(=O)N(Cc2ccc(F)cc2)C(=O)/C1=C/c1cn(-c2ccccc2)nc1-c1cc2ccccc2o1. The third kappa shape index (κ3) is 4.40. The van der Waals surface area contributed by atoms with Gasteiger partial charge in [0.05, 0.1) is 12.2 Å². The van der Waals surface area contributed by atoms with E-state index in [1.165, 1.54) is 24.3 Å². The zero-order valence-electron chi connectivity index (χ0n) is 21.3. The number of benzene rings is 3. The van der Waals surface area contributed by atoms with Crippen molar-refractivity contribution >= 4 is 28.9 Å². The highest BCUT2D eigenvalue weighted by molar-refractivity contribution is 6.19. The van der Waals surface area contributed by atoms with Gasteiger partial charge in [-0.05, 0) is 60.5 Å². The minimum absolute atomic E-state index is 0.104. The molecule has 1 aliphatic rings. The Morgan fingerprint density at radius 2 is 1.70 bits per heavy atom. The molecule has 40 heavy (non-hydrogen) atoms. The van der Waals surface area contributed by atoms with Gasteiger partial charge in [-0.2, -0.15) is 10.4 Å². The first-order chi connectivity index (χ1) is 19.4. The molecule has 0 fully saturated rings. The number of carbonyl (C=O) groups excluding carboxylic acids is 2. The summed E-state index contributed by atoms with van der Waals surface area (Å²) >= 11 is 0. The number of aromatic nitrogens is 2. The number of nitrogens with zero attached hydrogens (tertiary/aromatic N) is 4. The second-order valence-corrected chi connectivity index (χ2v) is 9.35. The predicted molar refractivity (Wildman–Crippen MR) is 147 cm³/mol. The molecule has 0 saturated heterocycles. The summed E-state index contributed by atoms with van der Waals surface area (Å²) in [6.07, 6.45) is 3.41. The smallest absolute Gasteiger partial charge is 0.271 e. The van der Waals surface area contributed by atoms with Gasteiger partial charge < -0.3 is 4.42 Å². The van der Waals surface area contributed by atoms with E-state index in [2.05, 4.69) is 0 Å². The van der Waals surface area contributed by atoms with Crippen molar-refractivity contribution < 1.29 is 18.4 Å². The Morgan fingerprint density at radius 3 is 2.42 bits per heavy atom. The molecule has 0 radical (unpaired) electrons. The minimum Gasteiger partial charge on any atom is -0.454 e. The van der Waals surface area contributed by atoms with Gasteiger partial charge in [0.2, 0.25) is 0 Å². The molecule has 5 aromatic rings. The lowest BCUT2D eigenvalue weighted by Crippen LogP contribution is -2.42. The van der Waals surface area contributed by atoms with Crippen molar-refractivity contribution in [2.75, 3.05) is 0 Å². The Hall–Kier alpha value is -5.55. The van der Waals surface area contributed by atoms with Gasteiger partial charge in [-0.1, -0.05) is 48.5 Å². The molecule has 2 aromatic heterocycles. The molecule has 194 valence electrons. The Bertz CT molecular complexity index is 1860. The molecule has 0 N–H and O–H groups in total. The van der Waals surface area contributed by atoms with Crippen molar-refractivity contribution in [2.45, 2.75) is 13.5 Å². The maximum Gasteiger partial charge on any atom is 0.271 e. The molecular weight excluding hydrogens is 507 g/mol. The van der Waals surface area contributed by atoms with Crippen LogP contribution in [0.15, 0.2) is 112 Å². The molecule has 0 atom stereocenters. The molecule has 3 heterocycles. The van der Waals surface area contributed by atoms with Gasteiger partial charge in [0.15, 0.2) is 5.76 Å². The Labute approximate surface area is 228 Å². The lowest BCUT2D eigenvalue weighted by Gasteiger charge is -2.27. The van der Waals surface area contributed by atoms with E-state index in [0.29, 0.717) is 28.2 Å². The highest BCUT2D eigenvalue weighted by atomic mass is 19.1. The van der Waals surface area contributed by atoms with E-state index in [1.54, 1.807) is 23.9 Å². The van der Waals surface area contributed by atoms with Crippen LogP contribution in [-0.4, -0.2) is 26.5 Å². The molecule has 0 spiro atoms. The maximum absolute atomic E-state index is 13.7. The summed E-state index contributed by atoms with van der Waals surface area (Å²) < 4.78 is 21.2. The first-order valence-electron chi connectivity index (χ1n) is 12.5. The average Bonchev–Trinajstić information content (AvgIpc) is 3.59. The quantitative estimate of drug-likeness (QED) is 0.200. The third-order valence-electron chi connectivity index (χ3n) is 6.80. The number of halogens is 1. The summed E-state index contributed by atoms with van der Waals surface area (Å²) in [4.78, 5) is 27.8. The first kappa shape index (κ1) is 24.8. The molecule has 0 unspecified atom stereocenters. The highest BCUT2D eigenvalue weighted by Crippen LogP contribution is 2.34. The van der Waals surface area contributed by atoms with Gasteiger partial charge in [0.1, 0.15) is 28.7 Å². The number of furan rings is 1. The van der Waals surface area contributed by atoms with Crippen LogP contribution in [0.1, 0.15) is 18.1 Å². The first-order valence-corrected chi connectivity index (χ1v) is 12.5. The molecule has 0 saturated carbocycles. The zero-order chi connectivity index (χ0) is 27.8. The average molecular weight is 529 g/mol. The van der Waals surface area contributed by atoms with Gasteiger partial charge in [0.25, 0.3) is 11.8 Å². The van der Waals surface area contributed by atoms with E-state index in [1.807, 2.05) is 66.7 Å². The zero-order valence-corrected chi connectivity index (χ0v) is 21.3. The molecule has 0 aliphatic carbocycles. The van der Waals surface area contributed by atoms with Crippen molar-refractivity contribution in [2.24, 2.45) is 0 Å². The van der Waals surface area contributed by atoms with Crippen LogP contribution in [0.4, 0.5) is 4.39 Å². The maximum atomic E-state index is 13.7. The highest BCUT2D eigenvalue weighted by Gasteiger charge is 2.36. The van der Waals surface area contributed by atoms with Gasteiger partial charge in [-0.25, -0.2) is 9.07 Å². The van der Waals surface area contributed by atoms with Gasteiger partial charge in [-0.3, -0.25) is 14.5 Å². The Morgan fingerprint density at radius 1 is 0.975 bits per heavy atom. The summed E-state index contributed by atoms with van der Waals surface area (Å²) in [5.74, 6) is -1.17.